The van der Waals surface area contributed by atoms with Crippen LogP contribution in [0.25, 0.3) is 10.8 Å². The monoisotopic (exact) mass is 815 g/mol. The second kappa shape index (κ2) is 22.4. The molecule has 0 atom stereocenters. The van der Waals surface area contributed by atoms with E-state index in [4.69, 9.17) is 0 Å². The molecular formula is C40H53N3O9S3. The van der Waals surface area contributed by atoms with Crippen molar-refractivity contribution in [1.29, 1.82) is 0 Å². The number of unbranched alkanes of at least 4 members (excludes halogenated alkanes) is 3. The molecule has 0 amide bonds. The summed E-state index contributed by atoms with van der Waals surface area (Å²) in [6.45, 7) is 16.4. The molecule has 0 aliphatic carbocycles. The molecule has 0 unspecified atom stereocenters. The number of nitrogens with zero attached hydrogens (tertiary/aromatic N) is 3. The summed E-state index contributed by atoms with van der Waals surface area (Å²) in [5.41, 5.74) is 3.99. The maximum absolute atomic E-state index is 11.2. The third kappa shape index (κ3) is 17.5. The molecule has 0 aliphatic heterocycles. The number of aryl methyl sites for hydroxylation is 6. The fourth-order valence-corrected chi connectivity index (χ4v) is 6.70. The van der Waals surface area contributed by atoms with Crippen LogP contribution in [-0.2, 0) is 50.0 Å². The first kappa shape index (κ1) is 47.0. The van der Waals surface area contributed by atoms with Crippen molar-refractivity contribution in [3.63, 3.8) is 0 Å². The summed E-state index contributed by atoms with van der Waals surface area (Å²) < 4.78 is 106. The molecule has 55 heavy (non-hydrogen) atoms. The van der Waals surface area contributed by atoms with Crippen LogP contribution in [-0.4, -0.2) is 38.9 Å². The molecule has 2 aromatic carbocycles. The number of fused-ring (bicyclic) bond motifs is 1. The first-order valence-electron chi connectivity index (χ1n) is 18.1. The first-order valence-corrected chi connectivity index (χ1v) is 22.3. The van der Waals surface area contributed by atoms with Gasteiger partial charge in [0.1, 0.15) is 50.0 Å². The zero-order chi connectivity index (χ0) is 41.2. The molecule has 12 nitrogen and oxygen atoms in total. The Morgan fingerprint density at radius 1 is 0.455 bits per heavy atom. The molecule has 3 heterocycles. The average molecular weight is 816 g/mol. The Hall–Kier alpha value is -4.12. The van der Waals surface area contributed by atoms with Gasteiger partial charge in [-0.15, -0.1) is 0 Å². The number of hydrogen-bond acceptors (Lipinski definition) is 9. The lowest BCUT2D eigenvalue weighted by molar-refractivity contribution is -0.697. The van der Waals surface area contributed by atoms with Gasteiger partial charge in [-0.05, 0) is 72.5 Å². The van der Waals surface area contributed by atoms with E-state index in [0.717, 1.165) is 31.8 Å². The first-order chi connectivity index (χ1) is 25.8. The van der Waals surface area contributed by atoms with Crippen LogP contribution in [0.4, 0.5) is 0 Å². The Morgan fingerprint density at radius 3 is 1.07 bits per heavy atom. The maximum Gasteiger partial charge on any atom is 0.169 e. The van der Waals surface area contributed by atoms with Gasteiger partial charge in [0.25, 0.3) is 0 Å². The highest BCUT2D eigenvalue weighted by atomic mass is 32.2. The molecular weight excluding hydrogens is 763 g/mol. The fraction of sp³-hybridized carbons (Fsp3) is 0.375. The molecule has 3 aromatic heterocycles. The van der Waals surface area contributed by atoms with Crippen LogP contribution in [0.5, 0.6) is 0 Å². The van der Waals surface area contributed by atoms with Crippen LogP contribution < -0.4 is 13.7 Å². The maximum atomic E-state index is 11.2. The van der Waals surface area contributed by atoms with Crippen molar-refractivity contribution in [1.82, 2.24) is 0 Å². The van der Waals surface area contributed by atoms with E-state index < -0.39 is 45.0 Å². The van der Waals surface area contributed by atoms with E-state index >= 15 is 0 Å². The quantitative estimate of drug-likeness (QED) is 0.111. The SMILES string of the molecule is CCCC[n+]1ccc(C)cc1.CCCC[n+]1ccc(C)cc1.CCCC[n+]1ccc(C)cc1.O=S(=O)([O-])c1ccc2c(S(=O)(=O)[O-])cc(S(=O)(=O)[O-])cc2c1. The number of pyridine rings is 3. The van der Waals surface area contributed by atoms with Gasteiger partial charge in [-0.1, -0.05) is 46.1 Å². The van der Waals surface area contributed by atoms with Gasteiger partial charge in [-0.3, -0.25) is 0 Å². The summed E-state index contributed by atoms with van der Waals surface area (Å²) in [6, 6.07) is 16.3. The van der Waals surface area contributed by atoms with Crippen molar-refractivity contribution >= 4 is 41.1 Å². The zero-order valence-electron chi connectivity index (χ0n) is 32.4. The summed E-state index contributed by atoms with van der Waals surface area (Å²) in [5, 5.41) is -0.668. The Kier molecular flexibility index (Phi) is 19.2. The molecule has 5 rings (SSSR count). The Bertz CT molecular complexity index is 2140. The summed E-state index contributed by atoms with van der Waals surface area (Å²) in [4.78, 5) is -2.81. The minimum absolute atomic E-state index is 0.310. The molecule has 15 heteroatoms. The standard InChI is InChI=1S/3C10H16N.C10H8O9S3/c3*1-3-4-7-11-8-5-10(2)6-9-11;11-20(12,13)7-1-2-9-6(3-7)4-8(21(14,15)16)5-10(9)22(17,18)19/h3*5-6,8-9H,3-4,7H2,1-2H3;1-5H,(H,11,12,13)(H,14,15,16)(H,17,18,19)/q3*+1;/p-3. The molecule has 5 aromatic rings. The molecule has 0 saturated carbocycles. The van der Waals surface area contributed by atoms with E-state index in [1.807, 2.05) is 0 Å². The molecule has 300 valence electrons. The van der Waals surface area contributed by atoms with Crippen LogP contribution in [0.15, 0.2) is 119 Å². The minimum Gasteiger partial charge on any atom is -0.744 e. The average Bonchev–Trinajstić information content (AvgIpc) is 3.13. The molecule has 0 radical (unpaired) electrons. The van der Waals surface area contributed by atoms with Crippen molar-refractivity contribution in [3.05, 3.63) is 121 Å². The van der Waals surface area contributed by atoms with Gasteiger partial charge in [0.15, 0.2) is 37.2 Å². The van der Waals surface area contributed by atoms with Gasteiger partial charge in [0.2, 0.25) is 0 Å². The molecule has 0 saturated heterocycles. The van der Waals surface area contributed by atoms with Gasteiger partial charge in [0, 0.05) is 55.7 Å². The molecule has 0 fully saturated rings. The van der Waals surface area contributed by atoms with Crippen molar-refractivity contribution in [2.45, 2.75) is 114 Å². The van der Waals surface area contributed by atoms with Gasteiger partial charge in [-0.25, -0.2) is 39.0 Å². The van der Waals surface area contributed by atoms with Crippen molar-refractivity contribution in [2.75, 3.05) is 0 Å². The smallest absolute Gasteiger partial charge is 0.169 e. The summed E-state index contributed by atoms with van der Waals surface area (Å²) >= 11 is 0. The predicted octanol–water partition coefficient (Wildman–Crippen LogP) is 5.80. The highest BCUT2D eigenvalue weighted by Crippen LogP contribution is 2.29. The van der Waals surface area contributed by atoms with Crippen LogP contribution >= 0.6 is 0 Å². The van der Waals surface area contributed by atoms with Crippen LogP contribution in [0, 0.1) is 20.8 Å². The van der Waals surface area contributed by atoms with E-state index in [-0.39, 0.29) is 10.8 Å². The topological polar surface area (TPSA) is 183 Å². The lowest BCUT2D eigenvalue weighted by Crippen LogP contribution is -2.32. The summed E-state index contributed by atoms with van der Waals surface area (Å²) in [5.74, 6) is 0. The van der Waals surface area contributed by atoms with Gasteiger partial charge in [-0.2, -0.15) is 0 Å². The largest absolute Gasteiger partial charge is 0.744 e. The van der Waals surface area contributed by atoms with Crippen molar-refractivity contribution < 1.29 is 52.6 Å². The Balaban J connectivity index is 0.000000270. The Morgan fingerprint density at radius 2 is 0.782 bits per heavy atom. The molecule has 0 N–H and O–H groups in total. The van der Waals surface area contributed by atoms with Gasteiger partial charge in [0.05, 0.1) is 14.7 Å². The van der Waals surface area contributed by atoms with E-state index in [1.54, 1.807) is 0 Å². The van der Waals surface area contributed by atoms with Crippen molar-refractivity contribution in [2.24, 2.45) is 0 Å². The van der Waals surface area contributed by atoms with E-state index in [0.29, 0.717) is 18.2 Å². The van der Waals surface area contributed by atoms with Crippen molar-refractivity contribution in [3.8, 4) is 0 Å². The third-order valence-electron chi connectivity index (χ3n) is 8.19. The highest BCUT2D eigenvalue weighted by molar-refractivity contribution is 7.86. The van der Waals surface area contributed by atoms with Gasteiger partial charge < -0.3 is 13.7 Å². The van der Waals surface area contributed by atoms with Gasteiger partial charge >= 0.3 is 0 Å². The van der Waals surface area contributed by atoms with Crippen LogP contribution in [0.1, 0.15) is 76.0 Å². The summed E-state index contributed by atoms with van der Waals surface area (Å²) in [7, 11) is -15.1. The number of hydrogen-bond donors (Lipinski definition) is 0. The Labute approximate surface area is 327 Å². The highest BCUT2D eigenvalue weighted by Gasteiger charge is 2.14. The lowest BCUT2D eigenvalue weighted by Gasteiger charge is -2.16. The van der Waals surface area contributed by atoms with E-state index in [9.17, 15) is 38.9 Å². The van der Waals surface area contributed by atoms with Crippen LogP contribution in [0.3, 0.4) is 0 Å². The predicted molar refractivity (Wildman–Crippen MR) is 207 cm³/mol. The second-order valence-electron chi connectivity index (χ2n) is 13.1. The molecule has 0 aliphatic rings. The zero-order valence-corrected chi connectivity index (χ0v) is 34.9. The summed E-state index contributed by atoms with van der Waals surface area (Å²) in [6.07, 6.45) is 20.5. The third-order valence-corrected chi connectivity index (χ3v) is 10.7. The van der Waals surface area contributed by atoms with E-state index in [2.05, 4.69) is 129 Å². The molecule has 0 bridgehead atoms. The second-order valence-corrected chi connectivity index (χ2v) is 17.2. The normalized spacial score (nSPS) is 11.4. The molecule has 0 spiro atoms. The number of aromatic nitrogens is 3. The van der Waals surface area contributed by atoms with E-state index in [1.165, 1.54) is 55.2 Å². The fourth-order valence-electron chi connectivity index (χ4n) is 4.86. The minimum atomic E-state index is -5.14. The number of benzene rings is 2. The lowest BCUT2D eigenvalue weighted by atomic mass is 10.1. The van der Waals surface area contributed by atoms with Crippen LogP contribution in [0.2, 0.25) is 0 Å². The number of rotatable bonds is 12.